The van der Waals surface area contributed by atoms with Crippen molar-refractivity contribution >= 4 is 26.7 Å². The molecule has 0 aliphatic heterocycles. The first kappa shape index (κ1) is 14.1. The van der Waals surface area contributed by atoms with Gasteiger partial charge >= 0.3 is 0 Å². The number of hydrogen-bond acceptors (Lipinski definition) is 1. The van der Waals surface area contributed by atoms with Crippen LogP contribution in [-0.2, 0) is 0 Å². The number of H-pyrrole nitrogens is 1. The zero-order chi connectivity index (χ0) is 15.1. The van der Waals surface area contributed by atoms with E-state index in [0.717, 1.165) is 26.7 Å². The van der Waals surface area contributed by atoms with Gasteiger partial charge in [-0.1, -0.05) is 34.9 Å². The first-order valence-corrected chi connectivity index (χ1v) is 7.66. The van der Waals surface area contributed by atoms with Gasteiger partial charge in [-0.3, -0.25) is 4.79 Å². The molecule has 0 saturated heterocycles. The Labute approximate surface area is 132 Å². The number of hydrogen-bond donors (Lipinski definition) is 1. The molecule has 106 valence electrons. The van der Waals surface area contributed by atoms with Crippen LogP contribution in [0.1, 0.15) is 16.7 Å². The number of aromatic nitrogens is 1. The van der Waals surface area contributed by atoms with Gasteiger partial charge in [0, 0.05) is 15.2 Å². The lowest BCUT2D eigenvalue weighted by Gasteiger charge is -2.10. The number of benzene rings is 2. The second-order valence-corrected chi connectivity index (χ2v) is 6.36. The molecule has 2 aromatic carbocycles. The summed E-state index contributed by atoms with van der Waals surface area (Å²) in [5, 5.41) is 1.66. The number of aromatic amines is 1. The molecule has 0 spiro atoms. The molecule has 1 N–H and O–H groups in total. The van der Waals surface area contributed by atoms with Crippen LogP contribution in [0.25, 0.3) is 22.0 Å². The fraction of sp³-hybridized carbons (Fsp3) is 0.167. The van der Waals surface area contributed by atoms with Crippen molar-refractivity contribution in [3.05, 3.63) is 67.9 Å². The molecule has 1 aromatic heterocycles. The fourth-order valence-corrected chi connectivity index (χ4v) is 3.38. The molecule has 3 rings (SSSR count). The smallest absolute Gasteiger partial charge is 0.256 e. The molecule has 0 radical (unpaired) electrons. The van der Waals surface area contributed by atoms with E-state index in [1.165, 1.54) is 11.1 Å². The van der Waals surface area contributed by atoms with Crippen LogP contribution in [-0.4, -0.2) is 4.98 Å². The highest BCUT2D eigenvalue weighted by atomic mass is 79.9. The molecule has 1 heterocycles. The highest BCUT2D eigenvalue weighted by molar-refractivity contribution is 9.10. The molecule has 0 saturated carbocycles. The van der Waals surface area contributed by atoms with Crippen LogP contribution >= 0.6 is 15.9 Å². The average Bonchev–Trinajstić information content (AvgIpc) is 2.41. The molecule has 0 unspecified atom stereocenters. The molecule has 3 aromatic rings. The minimum absolute atomic E-state index is 0.0534. The van der Waals surface area contributed by atoms with E-state index in [4.69, 9.17) is 0 Å². The van der Waals surface area contributed by atoms with Gasteiger partial charge < -0.3 is 4.98 Å². The normalized spacial score (nSPS) is 11.0. The second kappa shape index (κ2) is 5.15. The lowest BCUT2D eigenvalue weighted by Crippen LogP contribution is -2.08. The third kappa shape index (κ3) is 2.54. The number of nitrogens with one attached hydrogen (secondary N) is 1. The van der Waals surface area contributed by atoms with Crippen LogP contribution in [0.3, 0.4) is 0 Å². The largest absolute Gasteiger partial charge is 0.320 e. The highest BCUT2D eigenvalue weighted by Gasteiger charge is 2.11. The predicted octanol–water partition coefficient (Wildman–Crippen LogP) is 4.88. The zero-order valence-electron chi connectivity index (χ0n) is 12.3. The standard InChI is InChI=1S/C18H16BrNO/c1-10-4-5-14-15(9-10)16(19)17(20-18(14)21)13-7-11(2)6-12(3)8-13/h4-9H,1-3H3,(H,20,21). The van der Waals surface area contributed by atoms with E-state index >= 15 is 0 Å². The van der Waals surface area contributed by atoms with E-state index in [1.807, 2.05) is 25.1 Å². The maximum Gasteiger partial charge on any atom is 0.256 e. The summed E-state index contributed by atoms with van der Waals surface area (Å²) in [6.45, 7) is 6.16. The van der Waals surface area contributed by atoms with Gasteiger partial charge in [0.15, 0.2) is 0 Å². The maximum absolute atomic E-state index is 12.3. The van der Waals surface area contributed by atoms with Crippen LogP contribution in [0.5, 0.6) is 0 Å². The van der Waals surface area contributed by atoms with E-state index in [2.05, 4.69) is 53.0 Å². The van der Waals surface area contributed by atoms with Crippen molar-refractivity contribution in [2.24, 2.45) is 0 Å². The van der Waals surface area contributed by atoms with Gasteiger partial charge in [-0.25, -0.2) is 0 Å². The SMILES string of the molecule is Cc1cc(C)cc(-c2[nH]c(=O)c3ccc(C)cc3c2Br)c1. The Kier molecular flexibility index (Phi) is 3.46. The summed E-state index contributed by atoms with van der Waals surface area (Å²) in [5.74, 6) is 0. The van der Waals surface area contributed by atoms with E-state index in [-0.39, 0.29) is 5.56 Å². The molecular weight excluding hydrogens is 326 g/mol. The van der Waals surface area contributed by atoms with E-state index < -0.39 is 0 Å². The Balaban J connectivity index is 2.38. The average molecular weight is 342 g/mol. The van der Waals surface area contributed by atoms with E-state index in [1.54, 1.807) is 0 Å². The van der Waals surface area contributed by atoms with Crippen molar-refractivity contribution in [1.82, 2.24) is 4.98 Å². The molecule has 0 atom stereocenters. The van der Waals surface area contributed by atoms with Gasteiger partial charge in [-0.05, 0) is 60.5 Å². The topological polar surface area (TPSA) is 32.9 Å². The fourth-order valence-electron chi connectivity index (χ4n) is 2.73. The predicted molar refractivity (Wildman–Crippen MR) is 91.9 cm³/mol. The molecular formula is C18H16BrNO. The minimum atomic E-state index is -0.0534. The quantitative estimate of drug-likeness (QED) is 0.671. The third-order valence-corrected chi connectivity index (χ3v) is 4.45. The van der Waals surface area contributed by atoms with Crippen molar-refractivity contribution in [3.8, 4) is 11.3 Å². The molecule has 0 aliphatic carbocycles. The highest BCUT2D eigenvalue weighted by Crippen LogP contribution is 2.32. The zero-order valence-corrected chi connectivity index (χ0v) is 13.8. The molecule has 0 aliphatic rings. The second-order valence-electron chi connectivity index (χ2n) is 5.57. The van der Waals surface area contributed by atoms with Crippen LogP contribution < -0.4 is 5.56 Å². The molecule has 0 fully saturated rings. The van der Waals surface area contributed by atoms with Gasteiger partial charge in [-0.2, -0.15) is 0 Å². The van der Waals surface area contributed by atoms with E-state index in [9.17, 15) is 4.79 Å². The molecule has 3 heteroatoms. The number of fused-ring (bicyclic) bond motifs is 1. The number of aryl methyl sites for hydroxylation is 3. The lowest BCUT2D eigenvalue weighted by molar-refractivity contribution is 1.25. The van der Waals surface area contributed by atoms with Crippen LogP contribution in [0.15, 0.2) is 45.7 Å². The Morgan fingerprint density at radius 1 is 0.857 bits per heavy atom. The first-order valence-electron chi connectivity index (χ1n) is 6.86. The van der Waals surface area contributed by atoms with Crippen molar-refractivity contribution in [2.75, 3.05) is 0 Å². The Morgan fingerprint density at radius 2 is 1.52 bits per heavy atom. The summed E-state index contributed by atoms with van der Waals surface area (Å²) in [7, 11) is 0. The summed E-state index contributed by atoms with van der Waals surface area (Å²) >= 11 is 3.67. The Morgan fingerprint density at radius 3 is 2.19 bits per heavy atom. The third-order valence-electron chi connectivity index (χ3n) is 3.62. The number of halogens is 1. The molecule has 2 nitrogen and oxygen atoms in total. The van der Waals surface area contributed by atoms with Crippen molar-refractivity contribution < 1.29 is 0 Å². The van der Waals surface area contributed by atoms with Gasteiger partial charge in [0.05, 0.1) is 5.69 Å². The number of pyridine rings is 1. The van der Waals surface area contributed by atoms with Gasteiger partial charge in [0.2, 0.25) is 0 Å². The Hall–Kier alpha value is -1.87. The summed E-state index contributed by atoms with van der Waals surface area (Å²) in [4.78, 5) is 15.3. The molecule has 0 bridgehead atoms. The van der Waals surface area contributed by atoms with Crippen molar-refractivity contribution in [1.29, 1.82) is 0 Å². The molecule has 21 heavy (non-hydrogen) atoms. The van der Waals surface area contributed by atoms with Crippen LogP contribution in [0, 0.1) is 20.8 Å². The lowest BCUT2D eigenvalue weighted by atomic mass is 10.0. The van der Waals surface area contributed by atoms with Crippen molar-refractivity contribution in [3.63, 3.8) is 0 Å². The first-order chi connectivity index (χ1) is 9.95. The number of rotatable bonds is 1. The van der Waals surface area contributed by atoms with Gasteiger partial charge in [0.1, 0.15) is 0 Å². The maximum atomic E-state index is 12.3. The summed E-state index contributed by atoms with van der Waals surface area (Å²) < 4.78 is 0.936. The monoisotopic (exact) mass is 341 g/mol. The summed E-state index contributed by atoms with van der Waals surface area (Å²) in [6, 6.07) is 12.2. The minimum Gasteiger partial charge on any atom is -0.320 e. The Bertz CT molecular complexity index is 889. The van der Waals surface area contributed by atoms with Gasteiger partial charge in [-0.15, -0.1) is 0 Å². The summed E-state index contributed by atoms with van der Waals surface area (Å²) in [5.41, 5.74) is 5.32. The van der Waals surface area contributed by atoms with E-state index in [0.29, 0.717) is 5.39 Å². The van der Waals surface area contributed by atoms with Crippen molar-refractivity contribution in [2.45, 2.75) is 20.8 Å². The summed E-state index contributed by atoms with van der Waals surface area (Å²) in [6.07, 6.45) is 0. The van der Waals surface area contributed by atoms with Crippen LogP contribution in [0.4, 0.5) is 0 Å². The van der Waals surface area contributed by atoms with Gasteiger partial charge in [0.25, 0.3) is 5.56 Å². The van der Waals surface area contributed by atoms with Crippen LogP contribution in [0.2, 0.25) is 0 Å². The molecule has 0 amide bonds.